The molecule has 13 heavy (non-hydrogen) atoms. The van der Waals surface area contributed by atoms with Crippen molar-refractivity contribution in [2.24, 2.45) is 0 Å². The Labute approximate surface area is 84.3 Å². The topological polar surface area (TPSA) is 49.3 Å². The summed E-state index contributed by atoms with van der Waals surface area (Å²) < 4.78 is 0. The van der Waals surface area contributed by atoms with Crippen LogP contribution in [0.1, 0.15) is 25.7 Å². The van der Waals surface area contributed by atoms with Crippen molar-refractivity contribution in [1.29, 1.82) is 0 Å². The summed E-state index contributed by atoms with van der Waals surface area (Å²) in [6.45, 7) is 1.84. The predicted octanol–water partition coefficient (Wildman–Crippen LogP) is 1.58. The Morgan fingerprint density at radius 2 is 2.00 bits per heavy atom. The molecule has 0 aliphatic heterocycles. The van der Waals surface area contributed by atoms with Gasteiger partial charge < -0.3 is 10.4 Å². The zero-order valence-corrected chi connectivity index (χ0v) is 9.03. The van der Waals surface area contributed by atoms with Crippen LogP contribution < -0.4 is 5.32 Å². The number of hydrogen-bond donors (Lipinski definition) is 2. The summed E-state index contributed by atoms with van der Waals surface area (Å²) in [4.78, 5) is 10.1. The van der Waals surface area contributed by atoms with E-state index in [1.165, 1.54) is 18.6 Å². The van der Waals surface area contributed by atoms with Gasteiger partial charge in [-0.2, -0.15) is 11.8 Å². The first-order valence-electron chi connectivity index (χ1n) is 4.69. The van der Waals surface area contributed by atoms with Gasteiger partial charge in [-0.3, -0.25) is 4.79 Å². The molecule has 0 saturated heterocycles. The molecule has 0 aromatic heterocycles. The summed E-state index contributed by atoms with van der Waals surface area (Å²) in [5, 5.41) is 11.6. The van der Waals surface area contributed by atoms with Crippen LogP contribution in [-0.4, -0.2) is 36.2 Å². The van der Waals surface area contributed by atoms with Crippen molar-refractivity contribution in [3.8, 4) is 0 Å². The molecule has 0 aliphatic rings. The van der Waals surface area contributed by atoms with Crippen LogP contribution in [-0.2, 0) is 4.79 Å². The SMILES string of the molecule is CSCCCCNCCCC(=O)O. The van der Waals surface area contributed by atoms with E-state index >= 15 is 0 Å². The molecule has 0 aromatic carbocycles. The summed E-state index contributed by atoms with van der Waals surface area (Å²) >= 11 is 1.87. The maximum atomic E-state index is 10.1. The lowest BCUT2D eigenvalue weighted by atomic mass is 10.3. The zero-order chi connectivity index (χ0) is 9.94. The van der Waals surface area contributed by atoms with E-state index in [0.717, 1.165) is 19.5 Å². The quantitative estimate of drug-likeness (QED) is 0.561. The van der Waals surface area contributed by atoms with E-state index in [-0.39, 0.29) is 6.42 Å². The minimum absolute atomic E-state index is 0.276. The number of unbranched alkanes of at least 4 members (excludes halogenated alkanes) is 1. The van der Waals surface area contributed by atoms with E-state index < -0.39 is 5.97 Å². The van der Waals surface area contributed by atoms with Gasteiger partial charge in [-0.05, 0) is 44.4 Å². The highest BCUT2D eigenvalue weighted by atomic mass is 32.2. The summed E-state index contributed by atoms with van der Waals surface area (Å²) in [5.41, 5.74) is 0. The van der Waals surface area contributed by atoms with Gasteiger partial charge in [-0.15, -0.1) is 0 Å². The van der Waals surface area contributed by atoms with Gasteiger partial charge in [0.25, 0.3) is 0 Å². The van der Waals surface area contributed by atoms with Crippen molar-refractivity contribution in [3.05, 3.63) is 0 Å². The van der Waals surface area contributed by atoms with E-state index in [0.29, 0.717) is 0 Å². The largest absolute Gasteiger partial charge is 0.481 e. The Kier molecular flexibility index (Phi) is 9.70. The van der Waals surface area contributed by atoms with Crippen LogP contribution in [0.25, 0.3) is 0 Å². The molecular weight excluding hydrogens is 186 g/mol. The Hall–Kier alpha value is -0.220. The summed E-state index contributed by atoms with van der Waals surface area (Å²) in [7, 11) is 0. The third-order valence-corrected chi connectivity index (χ3v) is 2.39. The van der Waals surface area contributed by atoms with Crippen LogP contribution in [0, 0.1) is 0 Å². The molecule has 0 unspecified atom stereocenters. The predicted molar refractivity (Wildman–Crippen MR) is 57.4 cm³/mol. The molecule has 0 atom stereocenters. The minimum atomic E-state index is -0.704. The molecule has 0 spiro atoms. The molecule has 0 aromatic rings. The van der Waals surface area contributed by atoms with Crippen LogP contribution in [0.3, 0.4) is 0 Å². The van der Waals surface area contributed by atoms with Crippen molar-refractivity contribution in [2.45, 2.75) is 25.7 Å². The molecule has 0 aliphatic carbocycles. The fraction of sp³-hybridized carbons (Fsp3) is 0.889. The molecule has 2 N–H and O–H groups in total. The van der Waals surface area contributed by atoms with Crippen molar-refractivity contribution in [1.82, 2.24) is 5.32 Å². The third-order valence-electron chi connectivity index (χ3n) is 1.70. The monoisotopic (exact) mass is 205 g/mol. The molecule has 0 fully saturated rings. The molecule has 0 heterocycles. The number of carboxylic acid groups (broad SMARTS) is 1. The first-order chi connectivity index (χ1) is 6.27. The third kappa shape index (κ3) is 11.8. The molecule has 0 rings (SSSR count). The van der Waals surface area contributed by atoms with Crippen molar-refractivity contribution < 1.29 is 9.90 Å². The van der Waals surface area contributed by atoms with Gasteiger partial charge in [0.05, 0.1) is 0 Å². The van der Waals surface area contributed by atoms with Gasteiger partial charge in [-0.25, -0.2) is 0 Å². The maximum absolute atomic E-state index is 10.1. The fourth-order valence-corrected chi connectivity index (χ4v) is 1.48. The van der Waals surface area contributed by atoms with Crippen molar-refractivity contribution in [2.75, 3.05) is 25.1 Å². The highest BCUT2D eigenvalue weighted by molar-refractivity contribution is 7.98. The molecular formula is C9H19NO2S. The highest BCUT2D eigenvalue weighted by Gasteiger charge is 1.95. The first kappa shape index (κ1) is 12.8. The molecule has 0 amide bonds. The normalized spacial score (nSPS) is 10.2. The smallest absolute Gasteiger partial charge is 0.303 e. The Morgan fingerprint density at radius 3 is 2.62 bits per heavy atom. The number of hydrogen-bond acceptors (Lipinski definition) is 3. The van der Waals surface area contributed by atoms with E-state index in [1.54, 1.807) is 0 Å². The number of aliphatic carboxylic acids is 1. The summed E-state index contributed by atoms with van der Waals surface area (Å²) in [6.07, 6.45) is 5.55. The van der Waals surface area contributed by atoms with Crippen molar-refractivity contribution in [3.63, 3.8) is 0 Å². The van der Waals surface area contributed by atoms with E-state index in [1.807, 2.05) is 11.8 Å². The second-order valence-electron chi connectivity index (χ2n) is 2.95. The number of rotatable bonds is 9. The van der Waals surface area contributed by atoms with Gasteiger partial charge in [0.1, 0.15) is 0 Å². The lowest BCUT2D eigenvalue weighted by molar-refractivity contribution is -0.137. The number of thioether (sulfide) groups is 1. The first-order valence-corrected chi connectivity index (χ1v) is 6.08. The molecule has 78 valence electrons. The average Bonchev–Trinajstić information content (AvgIpc) is 2.09. The lowest BCUT2D eigenvalue weighted by Gasteiger charge is -2.02. The van der Waals surface area contributed by atoms with Gasteiger partial charge in [-0.1, -0.05) is 0 Å². The van der Waals surface area contributed by atoms with Crippen LogP contribution in [0.5, 0.6) is 0 Å². The Bertz CT molecular complexity index is 131. The molecule has 3 nitrogen and oxygen atoms in total. The Morgan fingerprint density at radius 1 is 1.31 bits per heavy atom. The number of carboxylic acids is 1. The molecule has 4 heteroatoms. The molecule has 0 radical (unpaired) electrons. The van der Waals surface area contributed by atoms with Crippen LogP contribution >= 0.6 is 11.8 Å². The standard InChI is InChI=1S/C9H19NO2S/c1-13-8-3-2-6-10-7-4-5-9(11)12/h10H,2-8H2,1H3,(H,11,12). The van der Waals surface area contributed by atoms with Crippen LogP contribution in [0.2, 0.25) is 0 Å². The van der Waals surface area contributed by atoms with Gasteiger partial charge in [0.2, 0.25) is 0 Å². The lowest BCUT2D eigenvalue weighted by Crippen LogP contribution is -2.17. The second kappa shape index (κ2) is 9.86. The average molecular weight is 205 g/mol. The second-order valence-corrected chi connectivity index (χ2v) is 3.93. The fourth-order valence-electron chi connectivity index (χ4n) is 0.986. The zero-order valence-electron chi connectivity index (χ0n) is 8.21. The Balaban J connectivity index is 2.87. The van der Waals surface area contributed by atoms with E-state index in [4.69, 9.17) is 5.11 Å². The molecule has 0 bridgehead atoms. The summed E-state index contributed by atoms with van der Waals surface area (Å²) in [5.74, 6) is 0.515. The van der Waals surface area contributed by atoms with Crippen LogP contribution in [0.15, 0.2) is 0 Å². The number of nitrogens with one attached hydrogen (secondary N) is 1. The highest BCUT2D eigenvalue weighted by Crippen LogP contribution is 1.97. The summed E-state index contributed by atoms with van der Waals surface area (Å²) in [6, 6.07) is 0. The molecule has 0 saturated carbocycles. The van der Waals surface area contributed by atoms with Gasteiger partial charge >= 0.3 is 5.97 Å². The van der Waals surface area contributed by atoms with Gasteiger partial charge in [0, 0.05) is 6.42 Å². The minimum Gasteiger partial charge on any atom is -0.481 e. The van der Waals surface area contributed by atoms with Crippen molar-refractivity contribution >= 4 is 17.7 Å². The van der Waals surface area contributed by atoms with E-state index in [2.05, 4.69) is 11.6 Å². The van der Waals surface area contributed by atoms with Crippen LogP contribution in [0.4, 0.5) is 0 Å². The maximum Gasteiger partial charge on any atom is 0.303 e. The van der Waals surface area contributed by atoms with Gasteiger partial charge in [0.15, 0.2) is 0 Å². The number of carbonyl (C=O) groups is 1. The van der Waals surface area contributed by atoms with E-state index in [9.17, 15) is 4.79 Å².